The molecule has 8 N–H and O–H groups in total. The maximum absolute atomic E-state index is 12.5. The maximum Gasteiger partial charge on any atom is 0.257 e. The number of aliphatic imine (C=N–C) groups is 2. The molecule has 3 amide bonds. The molecule has 162 valence electrons. The molecule has 1 aromatic rings. The number of hydrogen-bond acceptors (Lipinski definition) is 6. The molecule has 0 fully saturated rings. The molecule has 2 rings (SSSR count). The van der Waals surface area contributed by atoms with Crippen LogP contribution in [0.3, 0.4) is 0 Å². The van der Waals surface area contributed by atoms with Crippen molar-refractivity contribution in [1.82, 2.24) is 15.5 Å². The highest BCUT2D eigenvalue weighted by atomic mass is 16.2. The first kappa shape index (κ1) is 22.8. The molecule has 1 aliphatic rings. The summed E-state index contributed by atoms with van der Waals surface area (Å²) in [6, 6.07) is 7.42. The predicted octanol–water partition coefficient (Wildman–Crippen LogP) is -1.50. The number of likely N-dealkylation sites (N-methyl/N-ethyl adjacent to an activating group) is 1. The summed E-state index contributed by atoms with van der Waals surface area (Å²) in [6.07, 6.45) is 1.30. The van der Waals surface area contributed by atoms with Gasteiger partial charge in [0.2, 0.25) is 11.9 Å². The van der Waals surface area contributed by atoms with Crippen LogP contribution < -0.4 is 27.8 Å². The topological polar surface area (TPSA) is 181 Å². The maximum atomic E-state index is 12.5. The van der Waals surface area contributed by atoms with Gasteiger partial charge in [-0.25, -0.2) is 4.99 Å². The number of hydrogen-bond donors (Lipinski definition) is 5. The van der Waals surface area contributed by atoms with Crippen molar-refractivity contribution >= 4 is 29.6 Å². The number of benzene rings is 1. The van der Waals surface area contributed by atoms with Gasteiger partial charge in [-0.1, -0.05) is 18.2 Å². The Morgan fingerprint density at radius 2 is 2.03 bits per heavy atom. The number of carbonyl (C=O) groups is 3. The number of nitrogens with one attached hydrogen (secondary N) is 2. The summed E-state index contributed by atoms with van der Waals surface area (Å²) in [6.45, 7) is 0.482. The van der Waals surface area contributed by atoms with Crippen LogP contribution in [0.25, 0.3) is 0 Å². The van der Waals surface area contributed by atoms with Crippen LogP contribution in [-0.2, 0) is 9.59 Å². The smallest absolute Gasteiger partial charge is 0.257 e. The Morgan fingerprint density at radius 3 is 2.67 bits per heavy atom. The number of rotatable bonds is 8. The van der Waals surface area contributed by atoms with Crippen molar-refractivity contribution in [3.63, 3.8) is 0 Å². The van der Waals surface area contributed by atoms with Crippen molar-refractivity contribution < 1.29 is 14.4 Å². The molecule has 2 atom stereocenters. The Balaban J connectivity index is 1.84. The Morgan fingerprint density at radius 1 is 1.33 bits per heavy atom. The van der Waals surface area contributed by atoms with Crippen molar-refractivity contribution in [1.29, 1.82) is 0 Å². The third kappa shape index (κ3) is 6.85. The van der Waals surface area contributed by atoms with E-state index in [0.717, 1.165) is 0 Å². The Bertz CT molecular complexity index is 820. The summed E-state index contributed by atoms with van der Waals surface area (Å²) in [7, 11) is 1.53. The summed E-state index contributed by atoms with van der Waals surface area (Å²) in [5.41, 5.74) is 16.9. The average Bonchev–Trinajstić information content (AvgIpc) is 2.71. The van der Waals surface area contributed by atoms with E-state index in [9.17, 15) is 14.4 Å². The first-order valence-electron chi connectivity index (χ1n) is 9.56. The molecule has 0 spiro atoms. The fourth-order valence-electron chi connectivity index (χ4n) is 2.84. The molecule has 0 aromatic heterocycles. The molecule has 0 bridgehead atoms. The average molecular weight is 416 g/mol. The third-order valence-corrected chi connectivity index (χ3v) is 4.56. The highest BCUT2D eigenvalue weighted by molar-refractivity contribution is 6.11. The summed E-state index contributed by atoms with van der Waals surface area (Å²) < 4.78 is 0. The van der Waals surface area contributed by atoms with Gasteiger partial charge in [0.05, 0.1) is 6.54 Å². The van der Waals surface area contributed by atoms with E-state index in [2.05, 4.69) is 20.6 Å². The van der Waals surface area contributed by atoms with E-state index < -0.39 is 11.9 Å². The summed E-state index contributed by atoms with van der Waals surface area (Å²) in [4.78, 5) is 46.4. The van der Waals surface area contributed by atoms with Crippen LogP contribution in [0.1, 0.15) is 29.6 Å². The van der Waals surface area contributed by atoms with Crippen molar-refractivity contribution in [2.45, 2.75) is 31.3 Å². The van der Waals surface area contributed by atoms with Gasteiger partial charge >= 0.3 is 0 Å². The summed E-state index contributed by atoms with van der Waals surface area (Å²) in [5, 5.41) is 5.07. The largest absolute Gasteiger partial charge is 0.370 e. The van der Waals surface area contributed by atoms with Gasteiger partial charge in [-0.2, -0.15) is 0 Å². The second-order valence-corrected chi connectivity index (χ2v) is 6.93. The molecule has 0 saturated heterocycles. The number of amides is 3. The third-order valence-electron chi connectivity index (χ3n) is 4.56. The van der Waals surface area contributed by atoms with Gasteiger partial charge in [-0.05, 0) is 25.0 Å². The van der Waals surface area contributed by atoms with Gasteiger partial charge < -0.3 is 22.1 Å². The molecule has 11 nitrogen and oxygen atoms in total. The quantitative estimate of drug-likeness (QED) is 0.195. The zero-order valence-corrected chi connectivity index (χ0v) is 16.9. The van der Waals surface area contributed by atoms with E-state index >= 15 is 0 Å². The number of nitrogens with two attached hydrogens (primary N) is 3. The molecule has 1 heterocycles. The summed E-state index contributed by atoms with van der Waals surface area (Å²) in [5.74, 6) is -1.00. The van der Waals surface area contributed by atoms with Crippen LogP contribution >= 0.6 is 0 Å². The van der Waals surface area contributed by atoms with E-state index in [1.807, 2.05) is 0 Å². The molecule has 0 radical (unpaired) electrons. The number of carbonyl (C=O) groups excluding carboxylic acids is 3. The lowest BCUT2D eigenvalue weighted by Crippen LogP contribution is -2.57. The van der Waals surface area contributed by atoms with E-state index in [1.54, 1.807) is 30.3 Å². The van der Waals surface area contributed by atoms with Crippen LogP contribution in [0.4, 0.5) is 0 Å². The van der Waals surface area contributed by atoms with E-state index in [1.165, 1.54) is 11.9 Å². The van der Waals surface area contributed by atoms with E-state index in [-0.39, 0.29) is 42.7 Å². The van der Waals surface area contributed by atoms with E-state index in [0.29, 0.717) is 24.9 Å². The minimum Gasteiger partial charge on any atom is -0.370 e. The minimum atomic E-state index is -0.774. The fraction of sp³-hybridized carbons (Fsp3) is 0.421. The minimum absolute atomic E-state index is 0.0163. The standard InChI is InChI=1S/C19H28N8O3/c1-27(15(28)10-13(20)8-5-9-23-18(21)22)14-11-24-19(26-17(14)30)25-16(29)12-6-3-2-4-7-12/h2-4,6-7,13-14H,5,8-11,20H2,1H3,(H4,21,22,23)(H2,24,25,26,29,30)/t13-,14-/m0/s1. The fourth-order valence-corrected chi connectivity index (χ4v) is 2.84. The highest BCUT2D eigenvalue weighted by Crippen LogP contribution is 2.08. The van der Waals surface area contributed by atoms with Gasteiger partial charge in [0.15, 0.2) is 5.96 Å². The molecular weight excluding hydrogens is 388 g/mol. The van der Waals surface area contributed by atoms with Gasteiger partial charge in [0.1, 0.15) is 6.04 Å². The normalized spacial score (nSPS) is 16.7. The van der Waals surface area contributed by atoms with Crippen LogP contribution in [0.5, 0.6) is 0 Å². The van der Waals surface area contributed by atoms with Gasteiger partial charge in [-0.15, -0.1) is 0 Å². The lowest BCUT2D eigenvalue weighted by Gasteiger charge is -2.30. The van der Waals surface area contributed by atoms with Crippen LogP contribution in [-0.4, -0.2) is 66.8 Å². The molecule has 1 aliphatic heterocycles. The lowest BCUT2D eigenvalue weighted by molar-refractivity contribution is -0.138. The number of guanidine groups is 2. The van der Waals surface area contributed by atoms with Gasteiger partial charge in [0, 0.05) is 31.6 Å². The van der Waals surface area contributed by atoms with E-state index in [4.69, 9.17) is 17.2 Å². The predicted molar refractivity (Wildman–Crippen MR) is 113 cm³/mol. The molecule has 0 unspecified atom stereocenters. The monoisotopic (exact) mass is 416 g/mol. The second-order valence-electron chi connectivity index (χ2n) is 6.93. The Hall–Kier alpha value is -3.47. The highest BCUT2D eigenvalue weighted by Gasteiger charge is 2.31. The molecule has 0 saturated carbocycles. The van der Waals surface area contributed by atoms with Crippen LogP contribution in [0.15, 0.2) is 40.3 Å². The van der Waals surface area contributed by atoms with Crippen molar-refractivity contribution in [2.75, 3.05) is 20.1 Å². The van der Waals surface area contributed by atoms with Gasteiger partial charge in [0.25, 0.3) is 11.8 Å². The first-order chi connectivity index (χ1) is 14.3. The zero-order chi connectivity index (χ0) is 22.1. The molecule has 0 aliphatic carbocycles. The summed E-state index contributed by atoms with van der Waals surface area (Å²) >= 11 is 0. The van der Waals surface area contributed by atoms with Crippen LogP contribution in [0, 0.1) is 0 Å². The van der Waals surface area contributed by atoms with Crippen molar-refractivity contribution in [2.24, 2.45) is 27.2 Å². The molecular formula is C19H28N8O3. The Kier molecular flexibility index (Phi) is 8.29. The lowest BCUT2D eigenvalue weighted by atomic mass is 10.1. The molecule has 11 heteroatoms. The first-order valence-corrected chi connectivity index (χ1v) is 9.56. The van der Waals surface area contributed by atoms with Crippen molar-refractivity contribution in [3.05, 3.63) is 35.9 Å². The van der Waals surface area contributed by atoms with Crippen molar-refractivity contribution in [3.8, 4) is 0 Å². The second kappa shape index (κ2) is 10.9. The SMILES string of the molecule is CN(C(=O)C[C@@H](N)CCCN=C(N)N)[C@H]1CN=C(NC(=O)c2ccccc2)NC1=O. The Labute approximate surface area is 174 Å². The van der Waals surface area contributed by atoms with Crippen LogP contribution in [0.2, 0.25) is 0 Å². The zero-order valence-electron chi connectivity index (χ0n) is 16.9. The number of nitrogens with zero attached hydrogens (tertiary/aromatic N) is 3. The molecule has 30 heavy (non-hydrogen) atoms. The van der Waals surface area contributed by atoms with Gasteiger partial charge in [-0.3, -0.25) is 30.0 Å². The molecule has 1 aromatic carbocycles.